The molecule has 0 amide bonds. The smallest absolute Gasteiger partial charge is 0.421 e. The van der Waals surface area contributed by atoms with Crippen LogP contribution in [0.15, 0.2) is 54.7 Å². The summed E-state index contributed by atoms with van der Waals surface area (Å²) in [5.41, 5.74) is 1.47. The van der Waals surface area contributed by atoms with E-state index in [0.29, 0.717) is 24.0 Å². The van der Waals surface area contributed by atoms with Crippen LogP contribution in [-0.4, -0.2) is 16.6 Å². The minimum Gasteiger partial charge on any atom is -0.491 e. The van der Waals surface area contributed by atoms with Gasteiger partial charge in [0.1, 0.15) is 17.1 Å². The SMILES string of the molecule is CCCOc1ccccc1Nc1nc(Nc2ccc(C3CCCCC3)cc2)ncc1C(F)(F)F. The van der Waals surface area contributed by atoms with E-state index in [9.17, 15) is 13.2 Å². The first-order valence-electron chi connectivity index (χ1n) is 11.7. The summed E-state index contributed by atoms with van der Waals surface area (Å²) in [4.78, 5) is 8.07. The number of ether oxygens (including phenoxy) is 1. The molecule has 1 fully saturated rings. The van der Waals surface area contributed by atoms with Gasteiger partial charge in [0.25, 0.3) is 0 Å². The second-order valence-corrected chi connectivity index (χ2v) is 8.51. The van der Waals surface area contributed by atoms with Crippen molar-refractivity contribution in [1.82, 2.24) is 9.97 Å². The maximum atomic E-state index is 13.7. The second kappa shape index (κ2) is 10.8. The largest absolute Gasteiger partial charge is 0.491 e. The molecule has 180 valence electrons. The van der Waals surface area contributed by atoms with E-state index in [1.165, 1.54) is 37.7 Å². The van der Waals surface area contributed by atoms with Gasteiger partial charge < -0.3 is 15.4 Å². The Morgan fingerprint density at radius 3 is 2.41 bits per heavy atom. The van der Waals surface area contributed by atoms with Crippen LogP contribution in [0.5, 0.6) is 5.75 Å². The molecule has 2 aromatic carbocycles. The fraction of sp³-hybridized carbons (Fsp3) is 0.385. The highest BCUT2D eigenvalue weighted by Crippen LogP contribution is 2.37. The molecule has 0 spiro atoms. The number of benzene rings is 2. The topological polar surface area (TPSA) is 59.1 Å². The van der Waals surface area contributed by atoms with Crippen LogP contribution in [0.4, 0.5) is 36.3 Å². The molecule has 0 saturated heterocycles. The molecule has 0 bridgehead atoms. The normalized spacial score (nSPS) is 14.6. The Labute approximate surface area is 197 Å². The highest BCUT2D eigenvalue weighted by Gasteiger charge is 2.35. The second-order valence-electron chi connectivity index (χ2n) is 8.51. The van der Waals surface area contributed by atoms with Gasteiger partial charge in [0.2, 0.25) is 5.95 Å². The van der Waals surface area contributed by atoms with Gasteiger partial charge in [-0.2, -0.15) is 18.2 Å². The van der Waals surface area contributed by atoms with Crippen LogP contribution in [0.3, 0.4) is 0 Å². The van der Waals surface area contributed by atoms with Gasteiger partial charge in [-0.1, -0.05) is 50.5 Å². The summed E-state index contributed by atoms with van der Waals surface area (Å²) in [6.07, 6.45) is 3.18. The van der Waals surface area contributed by atoms with Crippen molar-refractivity contribution < 1.29 is 17.9 Å². The van der Waals surface area contributed by atoms with E-state index in [2.05, 4.69) is 32.7 Å². The monoisotopic (exact) mass is 470 g/mol. The van der Waals surface area contributed by atoms with Gasteiger partial charge in [-0.25, -0.2) is 4.98 Å². The fourth-order valence-electron chi connectivity index (χ4n) is 4.18. The molecule has 0 unspecified atom stereocenters. The Hall–Kier alpha value is -3.29. The van der Waals surface area contributed by atoms with Crippen molar-refractivity contribution in [3.05, 3.63) is 65.9 Å². The number of para-hydroxylation sites is 2. The van der Waals surface area contributed by atoms with Gasteiger partial charge in [0.05, 0.1) is 12.3 Å². The van der Waals surface area contributed by atoms with Crippen molar-refractivity contribution >= 4 is 23.1 Å². The number of nitrogens with one attached hydrogen (secondary N) is 2. The summed E-state index contributed by atoms with van der Waals surface area (Å²) >= 11 is 0. The van der Waals surface area contributed by atoms with Gasteiger partial charge in [0.15, 0.2) is 0 Å². The van der Waals surface area contributed by atoms with Crippen LogP contribution >= 0.6 is 0 Å². The zero-order chi connectivity index (χ0) is 24.0. The molecule has 34 heavy (non-hydrogen) atoms. The molecule has 0 radical (unpaired) electrons. The third-order valence-electron chi connectivity index (χ3n) is 5.94. The molecule has 1 aliphatic rings. The lowest BCUT2D eigenvalue weighted by Gasteiger charge is -2.22. The Kier molecular flexibility index (Phi) is 7.55. The summed E-state index contributed by atoms with van der Waals surface area (Å²) in [6, 6.07) is 14.8. The number of rotatable bonds is 8. The molecule has 1 saturated carbocycles. The van der Waals surface area contributed by atoms with Crippen molar-refractivity contribution in [2.75, 3.05) is 17.2 Å². The maximum Gasteiger partial charge on any atom is 0.421 e. The van der Waals surface area contributed by atoms with E-state index in [4.69, 9.17) is 4.74 Å². The van der Waals surface area contributed by atoms with Crippen LogP contribution in [0.1, 0.15) is 62.5 Å². The number of aromatic nitrogens is 2. The van der Waals surface area contributed by atoms with Crippen molar-refractivity contribution in [2.24, 2.45) is 0 Å². The van der Waals surface area contributed by atoms with Crippen molar-refractivity contribution in [3.8, 4) is 5.75 Å². The van der Waals surface area contributed by atoms with Gasteiger partial charge >= 0.3 is 6.18 Å². The molecule has 5 nitrogen and oxygen atoms in total. The zero-order valence-corrected chi connectivity index (χ0v) is 19.2. The Morgan fingerprint density at radius 2 is 1.71 bits per heavy atom. The summed E-state index contributed by atoms with van der Waals surface area (Å²) < 4.78 is 46.7. The number of hydrogen-bond donors (Lipinski definition) is 2. The molecule has 3 aromatic rings. The van der Waals surface area contributed by atoms with Gasteiger partial charge in [0, 0.05) is 11.9 Å². The number of nitrogens with zero attached hydrogens (tertiary/aromatic N) is 2. The standard InChI is InChI=1S/C26H29F3N4O/c1-2-16-34-23-11-7-6-10-22(23)32-24-21(26(27,28)29)17-30-25(33-24)31-20-14-12-19(13-15-20)18-8-4-3-5-9-18/h6-7,10-15,17-18H,2-5,8-9,16H2,1H3,(H2,30,31,32,33). The third-order valence-corrected chi connectivity index (χ3v) is 5.94. The Balaban J connectivity index is 1.56. The lowest BCUT2D eigenvalue weighted by Crippen LogP contribution is -2.13. The molecule has 0 aliphatic heterocycles. The molecule has 0 atom stereocenters. The third kappa shape index (κ3) is 5.98. The summed E-state index contributed by atoms with van der Waals surface area (Å²) in [5, 5.41) is 5.83. The van der Waals surface area contributed by atoms with E-state index >= 15 is 0 Å². The molecule has 8 heteroatoms. The Bertz CT molecular complexity index is 1080. The lowest BCUT2D eigenvalue weighted by atomic mass is 9.84. The highest BCUT2D eigenvalue weighted by atomic mass is 19.4. The van der Waals surface area contributed by atoms with E-state index in [-0.39, 0.29) is 11.8 Å². The predicted molar refractivity (Wildman–Crippen MR) is 128 cm³/mol. The molecule has 1 heterocycles. The zero-order valence-electron chi connectivity index (χ0n) is 19.2. The van der Waals surface area contributed by atoms with Gasteiger partial charge in [-0.15, -0.1) is 0 Å². The highest BCUT2D eigenvalue weighted by molar-refractivity contribution is 5.67. The van der Waals surface area contributed by atoms with Crippen molar-refractivity contribution in [3.63, 3.8) is 0 Å². The molecular weight excluding hydrogens is 441 g/mol. The number of anilines is 4. The number of halogens is 3. The van der Waals surface area contributed by atoms with Crippen LogP contribution in [0.2, 0.25) is 0 Å². The molecular formula is C26H29F3N4O. The van der Waals surface area contributed by atoms with Gasteiger partial charge in [-0.05, 0) is 55.0 Å². The lowest BCUT2D eigenvalue weighted by molar-refractivity contribution is -0.137. The van der Waals surface area contributed by atoms with Crippen LogP contribution in [0, 0.1) is 0 Å². The average Bonchev–Trinajstić information content (AvgIpc) is 2.84. The summed E-state index contributed by atoms with van der Waals surface area (Å²) in [7, 11) is 0. The molecule has 2 N–H and O–H groups in total. The summed E-state index contributed by atoms with van der Waals surface area (Å²) in [5.74, 6) is 0.782. The van der Waals surface area contributed by atoms with Crippen LogP contribution < -0.4 is 15.4 Å². The quantitative estimate of drug-likeness (QED) is 0.351. The molecule has 1 aromatic heterocycles. The maximum absolute atomic E-state index is 13.7. The van der Waals surface area contributed by atoms with E-state index < -0.39 is 11.7 Å². The Morgan fingerprint density at radius 1 is 0.971 bits per heavy atom. The van der Waals surface area contributed by atoms with E-state index in [0.717, 1.165) is 18.3 Å². The van der Waals surface area contributed by atoms with Gasteiger partial charge in [-0.3, -0.25) is 0 Å². The summed E-state index contributed by atoms with van der Waals surface area (Å²) in [6.45, 7) is 2.42. The fourth-order valence-corrected chi connectivity index (χ4v) is 4.18. The number of alkyl halides is 3. The first kappa shape index (κ1) is 23.9. The van der Waals surface area contributed by atoms with E-state index in [1.807, 2.05) is 19.1 Å². The molecule has 1 aliphatic carbocycles. The van der Waals surface area contributed by atoms with Crippen molar-refractivity contribution in [2.45, 2.75) is 57.5 Å². The minimum atomic E-state index is -4.61. The van der Waals surface area contributed by atoms with E-state index in [1.54, 1.807) is 24.3 Å². The van der Waals surface area contributed by atoms with Crippen molar-refractivity contribution in [1.29, 1.82) is 0 Å². The minimum absolute atomic E-state index is 0.0767. The predicted octanol–water partition coefficient (Wildman–Crippen LogP) is 7.82. The first-order valence-corrected chi connectivity index (χ1v) is 11.7. The van der Waals surface area contributed by atoms with Crippen LogP contribution in [-0.2, 0) is 6.18 Å². The molecule has 4 rings (SSSR count). The first-order chi connectivity index (χ1) is 16.4. The number of hydrogen-bond acceptors (Lipinski definition) is 5. The van der Waals surface area contributed by atoms with Crippen LogP contribution in [0.25, 0.3) is 0 Å². The average molecular weight is 471 g/mol.